The molecule has 0 aliphatic carbocycles. The molecule has 0 bridgehead atoms. The Morgan fingerprint density at radius 3 is 2.62 bits per heavy atom. The molecule has 12 heteroatoms. The molecule has 37 heavy (non-hydrogen) atoms. The summed E-state index contributed by atoms with van der Waals surface area (Å²) in [5.41, 5.74) is 2.89. The molecule has 0 saturated carbocycles. The first kappa shape index (κ1) is 28.8. The second-order valence-corrected chi connectivity index (χ2v) is 15.7. The molecule has 0 radical (unpaired) electrons. The first-order valence-corrected chi connectivity index (χ1v) is 15.5. The molecule has 0 fully saturated rings. The van der Waals surface area contributed by atoms with Crippen molar-refractivity contribution in [3.8, 4) is 11.3 Å². The number of nitrogens with zero attached hydrogens (tertiary/aromatic N) is 4. The van der Waals surface area contributed by atoms with E-state index in [1.807, 2.05) is 0 Å². The number of hydrogen-bond acceptors (Lipinski definition) is 6. The van der Waals surface area contributed by atoms with Crippen molar-refractivity contribution in [1.82, 2.24) is 19.7 Å². The van der Waals surface area contributed by atoms with Gasteiger partial charge in [-0.2, -0.15) is 10.2 Å². The first-order chi connectivity index (χ1) is 17.0. The topological polar surface area (TPSA) is 102 Å². The average Bonchev–Trinajstić information content (AvgIpc) is 3.19. The predicted octanol–water partition coefficient (Wildman–Crippen LogP) is 5.70. The third kappa shape index (κ3) is 6.77. The number of anilines is 2. The molecule has 0 aliphatic heterocycles. The molecule has 4 rings (SSSR count). The third-order valence-corrected chi connectivity index (χ3v) is 7.62. The van der Waals surface area contributed by atoms with E-state index in [4.69, 9.17) is 16.3 Å². The van der Waals surface area contributed by atoms with Crippen molar-refractivity contribution >= 4 is 66.9 Å². The Bertz CT molecular complexity index is 1440. The van der Waals surface area contributed by atoms with Gasteiger partial charge in [-0.15, -0.1) is 0 Å². The quantitative estimate of drug-likeness (QED) is 0.209. The molecule has 0 amide bonds. The van der Waals surface area contributed by atoms with Gasteiger partial charge < -0.3 is 15.2 Å². The number of pyridine rings is 1. The molecule has 0 saturated heterocycles. The van der Waals surface area contributed by atoms with Crippen LogP contribution >= 0.6 is 11.6 Å². The summed E-state index contributed by atoms with van der Waals surface area (Å²) in [6.45, 7) is 9.17. The zero-order valence-electron chi connectivity index (χ0n) is 20.5. The molecular weight excluding hydrogens is 508 g/mol. The summed E-state index contributed by atoms with van der Waals surface area (Å²) in [5, 5.41) is 22.4. The van der Waals surface area contributed by atoms with E-state index in [9.17, 15) is 14.3 Å². The van der Waals surface area contributed by atoms with Crippen molar-refractivity contribution in [2.75, 3.05) is 11.9 Å². The number of carboxylic acid groups (broad SMARTS) is 1. The van der Waals surface area contributed by atoms with Crippen molar-refractivity contribution in [2.24, 2.45) is 0 Å². The maximum absolute atomic E-state index is 14.4. The molecular formula is C25H28ClFLiN5O3Si. The molecule has 8 nitrogen and oxygen atoms in total. The summed E-state index contributed by atoms with van der Waals surface area (Å²) in [7, 11) is -1.28. The van der Waals surface area contributed by atoms with E-state index in [2.05, 4.69) is 40.1 Å². The van der Waals surface area contributed by atoms with Crippen molar-refractivity contribution in [3.63, 3.8) is 0 Å². The molecule has 0 aliphatic rings. The van der Waals surface area contributed by atoms with Gasteiger partial charge in [-0.05, 0) is 49.4 Å². The normalized spacial score (nSPS) is 11.4. The molecule has 4 aromatic rings. The monoisotopic (exact) mass is 535 g/mol. The number of fused-ring (bicyclic) bond motifs is 1. The Kier molecular flexibility index (Phi) is 9.15. The Hall–Kier alpha value is -2.75. The molecule has 190 valence electrons. The van der Waals surface area contributed by atoms with Crippen LogP contribution in [0.2, 0.25) is 30.7 Å². The number of hydrogen-bond donors (Lipinski definition) is 2. The molecule has 3 aromatic heterocycles. The molecule has 0 atom stereocenters. The van der Waals surface area contributed by atoms with E-state index in [0.29, 0.717) is 45.4 Å². The SMILES string of the molecule is Cc1nnc(-c2cc(Cl)ccc2F)cc1Nc1ccnc2c1cc(C(=O)O)n2COCC[Si](C)(C)C.[LiH]. The van der Waals surface area contributed by atoms with Gasteiger partial charge in [0.2, 0.25) is 0 Å². The van der Waals surface area contributed by atoms with Crippen LogP contribution < -0.4 is 5.32 Å². The number of carbonyl (C=O) groups is 1. The standard InChI is InChI=1S/C25H27ClFN5O3Si.Li.H/c1-15-21(13-22(31-30-15)17-11-16(26)5-6-19(17)27)29-20-7-8-28-24-18(20)12-23(25(33)34)32(24)14-35-9-10-36(2,3)4;;/h5-8,11-13H,9-10,14H2,1-4H3,(H,33,34)(H,28,29,31);;. The number of carboxylic acids is 1. The molecule has 1 aromatic carbocycles. The fourth-order valence-corrected chi connectivity index (χ4v) is 4.58. The third-order valence-electron chi connectivity index (χ3n) is 5.68. The number of nitrogens with one attached hydrogen (secondary N) is 1. The zero-order valence-corrected chi connectivity index (χ0v) is 22.2. The summed E-state index contributed by atoms with van der Waals surface area (Å²) in [4.78, 5) is 16.4. The van der Waals surface area contributed by atoms with E-state index in [1.165, 1.54) is 18.2 Å². The summed E-state index contributed by atoms with van der Waals surface area (Å²) in [6.07, 6.45) is 1.59. The number of benzene rings is 1. The van der Waals surface area contributed by atoms with E-state index in [1.54, 1.807) is 35.9 Å². The van der Waals surface area contributed by atoms with Gasteiger partial charge in [-0.1, -0.05) is 31.2 Å². The number of rotatable bonds is 9. The molecule has 0 unspecified atom stereocenters. The Labute approximate surface area is 232 Å². The predicted molar refractivity (Wildman–Crippen MR) is 148 cm³/mol. The van der Waals surface area contributed by atoms with Crippen LogP contribution in [0.15, 0.2) is 42.6 Å². The van der Waals surface area contributed by atoms with Crippen molar-refractivity contribution in [1.29, 1.82) is 0 Å². The zero-order chi connectivity index (χ0) is 26.0. The second kappa shape index (κ2) is 11.8. The van der Waals surface area contributed by atoms with Crippen LogP contribution in [-0.4, -0.2) is 64.4 Å². The van der Waals surface area contributed by atoms with Crippen LogP contribution in [0, 0.1) is 12.7 Å². The minimum absolute atomic E-state index is 0. The van der Waals surface area contributed by atoms with Gasteiger partial charge in [-0.25, -0.2) is 14.2 Å². The van der Waals surface area contributed by atoms with E-state index >= 15 is 0 Å². The summed E-state index contributed by atoms with van der Waals surface area (Å²) < 4.78 is 21.8. The van der Waals surface area contributed by atoms with Gasteiger partial charge in [0, 0.05) is 36.8 Å². The van der Waals surface area contributed by atoms with Gasteiger partial charge in [0.05, 0.1) is 22.8 Å². The molecule has 2 N–H and O–H groups in total. The van der Waals surface area contributed by atoms with Crippen LogP contribution in [0.4, 0.5) is 15.8 Å². The van der Waals surface area contributed by atoms with Gasteiger partial charge in [-0.3, -0.25) is 4.57 Å². The van der Waals surface area contributed by atoms with Crippen LogP contribution in [0.25, 0.3) is 22.3 Å². The maximum atomic E-state index is 14.4. The fourth-order valence-electron chi connectivity index (χ4n) is 3.65. The summed E-state index contributed by atoms with van der Waals surface area (Å²) >= 11 is 6.05. The van der Waals surface area contributed by atoms with E-state index in [-0.39, 0.29) is 36.8 Å². The second-order valence-electron chi connectivity index (χ2n) is 9.68. The number of aromatic nitrogens is 4. The number of ether oxygens (including phenoxy) is 1. The Morgan fingerprint density at radius 1 is 1.16 bits per heavy atom. The molecule has 3 heterocycles. The number of aryl methyl sites for hydroxylation is 1. The van der Waals surface area contributed by atoms with Crippen LogP contribution in [0.1, 0.15) is 16.2 Å². The number of aromatic carboxylic acids is 1. The van der Waals surface area contributed by atoms with E-state index in [0.717, 1.165) is 6.04 Å². The van der Waals surface area contributed by atoms with Gasteiger partial charge in [0.25, 0.3) is 0 Å². The van der Waals surface area contributed by atoms with Crippen LogP contribution in [0.3, 0.4) is 0 Å². The molecule has 0 spiro atoms. The van der Waals surface area contributed by atoms with Crippen molar-refractivity contribution in [2.45, 2.75) is 39.3 Å². The van der Waals surface area contributed by atoms with E-state index < -0.39 is 19.9 Å². The average molecular weight is 536 g/mol. The summed E-state index contributed by atoms with van der Waals surface area (Å²) in [5.74, 6) is -1.54. The van der Waals surface area contributed by atoms with Gasteiger partial charge in [0.1, 0.15) is 23.9 Å². The summed E-state index contributed by atoms with van der Waals surface area (Å²) in [6, 6.07) is 10.2. The van der Waals surface area contributed by atoms with Crippen molar-refractivity contribution < 1.29 is 19.0 Å². The minimum atomic E-state index is -1.28. The van der Waals surface area contributed by atoms with Gasteiger partial charge >= 0.3 is 24.8 Å². The Balaban J connectivity index is 0.00000380. The fraction of sp³-hybridized carbons (Fsp3) is 0.280. The van der Waals surface area contributed by atoms with Gasteiger partial charge in [0.15, 0.2) is 0 Å². The van der Waals surface area contributed by atoms with Crippen molar-refractivity contribution in [3.05, 3.63) is 64.8 Å². The van der Waals surface area contributed by atoms with Crippen LogP contribution in [0.5, 0.6) is 0 Å². The number of halogens is 2. The Morgan fingerprint density at radius 2 is 1.92 bits per heavy atom. The van der Waals surface area contributed by atoms with Crippen LogP contribution in [-0.2, 0) is 11.5 Å². The first-order valence-electron chi connectivity index (χ1n) is 11.4.